The predicted molar refractivity (Wildman–Crippen MR) is 69.8 cm³/mol. The van der Waals surface area contributed by atoms with Crippen molar-refractivity contribution in [1.29, 1.82) is 0 Å². The molecule has 0 aromatic rings. The molecular weight excluding hydrogens is 255 g/mol. The topological polar surface area (TPSA) is 0 Å². The molecule has 0 unspecified atom stereocenters. The van der Waals surface area contributed by atoms with Crippen molar-refractivity contribution in [2.45, 2.75) is 32.6 Å². The van der Waals surface area contributed by atoms with Crippen molar-refractivity contribution in [3.63, 3.8) is 0 Å². The summed E-state index contributed by atoms with van der Waals surface area (Å²) in [7, 11) is 0. The van der Waals surface area contributed by atoms with Gasteiger partial charge in [0.2, 0.25) is 0 Å². The quantitative estimate of drug-likeness (QED) is 0.365. The molecule has 2 heteroatoms. The SMILES string of the molecule is C=CCC(CC=C)=C([Se-])SCCCC. The molecule has 0 spiro atoms. The monoisotopic (exact) mass is 275 g/mol. The fourth-order valence-corrected chi connectivity index (χ4v) is 2.87. The molecule has 0 aliphatic heterocycles. The first-order valence-electron chi connectivity index (χ1n) is 4.99. The molecule has 0 aliphatic rings. The Bertz CT molecular complexity index is 194. The number of unbranched alkanes of at least 4 members (excludes halogenated alkanes) is 1. The Morgan fingerprint density at radius 3 is 2.29 bits per heavy atom. The van der Waals surface area contributed by atoms with Gasteiger partial charge in [-0.3, -0.25) is 0 Å². The molecule has 0 atom stereocenters. The second-order valence-electron chi connectivity index (χ2n) is 3.08. The van der Waals surface area contributed by atoms with Crippen LogP contribution < -0.4 is 0 Å². The van der Waals surface area contributed by atoms with Gasteiger partial charge in [0.1, 0.15) is 0 Å². The molecule has 0 saturated carbocycles. The zero-order chi connectivity index (χ0) is 10.8. The van der Waals surface area contributed by atoms with Crippen molar-refractivity contribution in [3.8, 4) is 0 Å². The first-order valence-corrected chi connectivity index (χ1v) is 6.84. The van der Waals surface area contributed by atoms with Crippen molar-refractivity contribution in [2.75, 3.05) is 5.75 Å². The van der Waals surface area contributed by atoms with Gasteiger partial charge in [-0.25, -0.2) is 0 Å². The Kier molecular flexibility index (Phi) is 9.70. The Morgan fingerprint density at radius 2 is 1.86 bits per heavy atom. The van der Waals surface area contributed by atoms with E-state index in [-0.39, 0.29) is 0 Å². The van der Waals surface area contributed by atoms with Crippen LogP contribution in [0.15, 0.2) is 34.7 Å². The first kappa shape index (κ1) is 14.1. The normalized spacial score (nSPS) is 9.50. The van der Waals surface area contributed by atoms with Crippen molar-refractivity contribution >= 4 is 27.8 Å². The third-order valence-corrected chi connectivity index (χ3v) is 4.19. The van der Waals surface area contributed by atoms with Crippen molar-refractivity contribution in [1.82, 2.24) is 0 Å². The van der Waals surface area contributed by atoms with E-state index in [2.05, 4.69) is 36.1 Å². The third kappa shape index (κ3) is 6.53. The van der Waals surface area contributed by atoms with Crippen molar-refractivity contribution in [3.05, 3.63) is 34.7 Å². The van der Waals surface area contributed by atoms with Crippen LogP contribution in [0.25, 0.3) is 0 Å². The van der Waals surface area contributed by atoms with E-state index in [1.165, 1.54) is 28.0 Å². The van der Waals surface area contributed by atoms with Crippen molar-refractivity contribution < 1.29 is 0 Å². The molecule has 0 bridgehead atoms. The average molecular weight is 274 g/mol. The summed E-state index contributed by atoms with van der Waals surface area (Å²) >= 11 is 5.07. The van der Waals surface area contributed by atoms with Crippen LogP contribution >= 0.6 is 11.8 Å². The first-order chi connectivity index (χ1) is 6.76. The van der Waals surface area contributed by atoms with E-state index in [1.54, 1.807) is 0 Å². The Labute approximate surface area is 101 Å². The number of allylic oxidation sites excluding steroid dienone is 3. The number of hydrogen-bond acceptors (Lipinski definition) is 1. The van der Waals surface area contributed by atoms with E-state index in [9.17, 15) is 0 Å². The van der Waals surface area contributed by atoms with Gasteiger partial charge in [-0.2, -0.15) is 0 Å². The summed E-state index contributed by atoms with van der Waals surface area (Å²) in [6.07, 6.45) is 8.39. The van der Waals surface area contributed by atoms with Crippen LogP contribution in [0.1, 0.15) is 32.6 Å². The molecule has 0 fully saturated rings. The van der Waals surface area contributed by atoms with Crippen LogP contribution in [0, 0.1) is 0 Å². The van der Waals surface area contributed by atoms with E-state index in [1.807, 2.05) is 23.9 Å². The zero-order valence-corrected chi connectivity index (χ0v) is 11.5. The molecule has 0 rings (SSSR count). The molecule has 14 heavy (non-hydrogen) atoms. The van der Waals surface area contributed by atoms with Gasteiger partial charge >= 0.3 is 101 Å². The molecule has 0 nitrogen and oxygen atoms in total. The van der Waals surface area contributed by atoms with Gasteiger partial charge in [0.05, 0.1) is 0 Å². The standard InChI is InChI=1S/C12H20SSe/c1-4-7-10-13-12(14)11(8-5-2)9-6-3/h5-6,14H,2-4,7-10H2,1H3/p-1. The summed E-state index contributed by atoms with van der Waals surface area (Å²) in [5.41, 5.74) is 1.41. The summed E-state index contributed by atoms with van der Waals surface area (Å²) in [5.74, 6) is 1.20. The summed E-state index contributed by atoms with van der Waals surface area (Å²) in [4.78, 5) is 0. The van der Waals surface area contributed by atoms with Crippen molar-refractivity contribution in [2.24, 2.45) is 0 Å². The van der Waals surface area contributed by atoms with Gasteiger partial charge in [0.15, 0.2) is 0 Å². The van der Waals surface area contributed by atoms with Crippen LogP contribution in [-0.2, 0) is 0 Å². The van der Waals surface area contributed by atoms with Crippen LogP contribution in [0.5, 0.6) is 0 Å². The maximum atomic E-state index is 3.77. The molecule has 0 aromatic carbocycles. The van der Waals surface area contributed by atoms with E-state index in [0.29, 0.717) is 0 Å². The fourth-order valence-electron chi connectivity index (χ4n) is 1.01. The van der Waals surface area contributed by atoms with Gasteiger partial charge in [-0.05, 0) is 0 Å². The van der Waals surface area contributed by atoms with Crippen LogP contribution in [0.4, 0.5) is 0 Å². The molecule has 0 aromatic heterocycles. The zero-order valence-electron chi connectivity index (χ0n) is 8.92. The minimum atomic E-state index is 0.966. The number of thioether (sulfide) groups is 1. The Hall–Kier alpha value is 0.0895. The molecule has 0 heterocycles. The summed E-state index contributed by atoms with van der Waals surface area (Å²) in [5, 5.41) is 0. The molecule has 0 aliphatic carbocycles. The van der Waals surface area contributed by atoms with Gasteiger partial charge in [0, 0.05) is 0 Å². The van der Waals surface area contributed by atoms with Gasteiger partial charge in [-0.1, -0.05) is 0 Å². The van der Waals surface area contributed by atoms with E-state index < -0.39 is 0 Å². The Balaban J connectivity index is 4.14. The molecule has 0 amide bonds. The number of rotatable bonds is 8. The molecular formula is C12H19SSe-. The van der Waals surface area contributed by atoms with Crippen LogP contribution in [-0.4, -0.2) is 21.8 Å². The van der Waals surface area contributed by atoms with E-state index in [4.69, 9.17) is 0 Å². The second-order valence-corrected chi connectivity index (χ2v) is 5.62. The average Bonchev–Trinajstić information content (AvgIpc) is 2.18. The molecule has 80 valence electrons. The minimum absolute atomic E-state index is 0.966. The maximum absolute atomic E-state index is 3.77. The van der Waals surface area contributed by atoms with E-state index >= 15 is 0 Å². The fraction of sp³-hybridized carbons (Fsp3) is 0.500. The second kappa shape index (κ2) is 9.64. The summed E-state index contributed by atoms with van der Waals surface area (Å²) < 4.78 is 1.33. The number of hydrogen-bond donors (Lipinski definition) is 0. The summed E-state index contributed by atoms with van der Waals surface area (Å²) in [6.45, 7) is 9.76. The van der Waals surface area contributed by atoms with E-state index in [0.717, 1.165) is 12.8 Å². The van der Waals surface area contributed by atoms with Gasteiger partial charge < -0.3 is 0 Å². The third-order valence-electron chi connectivity index (χ3n) is 1.80. The molecule has 0 saturated heterocycles. The predicted octanol–water partition coefficient (Wildman–Crippen LogP) is 4.05. The van der Waals surface area contributed by atoms with Gasteiger partial charge in [0.25, 0.3) is 0 Å². The molecule has 0 radical (unpaired) electrons. The van der Waals surface area contributed by atoms with Crippen LogP contribution in [0.2, 0.25) is 0 Å². The van der Waals surface area contributed by atoms with Crippen LogP contribution in [0.3, 0.4) is 0 Å². The van der Waals surface area contributed by atoms with Gasteiger partial charge in [-0.15, -0.1) is 0 Å². The summed E-state index contributed by atoms with van der Waals surface area (Å²) in [6, 6.07) is 0. The Morgan fingerprint density at radius 1 is 1.29 bits per heavy atom. The molecule has 0 N–H and O–H groups in total.